The van der Waals surface area contributed by atoms with E-state index in [1.807, 2.05) is 0 Å². The van der Waals surface area contributed by atoms with Gasteiger partial charge in [0.2, 0.25) is 0 Å². The van der Waals surface area contributed by atoms with Crippen molar-refractivity contribution in [1.29, 1.82) is 0 Å². The van der Waals surface area contributed by atoms with Gasteiger partial charge in [-0.3, -0.25) is 0 Å². The molecule has 0 spiro atoms. The van der Waals surface area contributed by atoms with E-state index in [4.69, 9.17) is 11.6 Å². The molecule has 26 heavy (non-hydrogen) atoms. The third-order valence-electron chi connectivity index (χ3n) is 4.56. The minimum atomic E-state index is -4.36. The van der Waals surface area contributed by atoms with Crippen LogP contribution in [-0.4, -0.2) is 41.6 Å². The predicted molar refractivity (Wildman–Crippen MR) is 94.5 cm³/mol. The van der Waals surface area contributed by atoms with Crippen LogP contribution < -0.4 is 9.80 Å². The zero-order valence-corrected chi connectivity index (χ0v) is 15.0. The fourth-order valence-corrected chi connectivity index (χ4v) is 3.38. The van der Waals surface area contributed by atoms with Gasteiger partial charge in [0.25, 0.3) is 0 Å². The number of anilines is 2. The molecule has 2 aromatic heterocycles. The molecule has 1 aliphatic rings. The van der Waals surface area contributed by atoms with Crippen molar-refractivity contribution in [1.82, 2.24) is 15.0 Å². The molecule has 0 bridgehead atoms. The molecule has 0 atom stereocenters. The number of rotatable bonds is 4. The van der Waals surface area contributed by atoms with Crippen molar-refractivity contribution < 1.29 is 13.2 Å². The smallest absolute Gasteiger partial charge is 0.359 e. The molecule has 0 amide bonds. The first kappa shape index (κ1) is 18.7. The van der Waals surface area contributed by atoms with Crippen LogP contribution in [0.3, 0.4) is 0 Å². The van der Waals surface area contributed by atoms with Crippen LogP contribution in [0, 0.1) is 5.92 Å². The second-order valence-corrected chi connectivity index (χ2v) is 6.81. The molecule has 9 heteroatoms. The minimum absolute atomic E-state index is 0.334. The summed E-state index contributed by atoms with van der Waals surface area (Å²) in [6.45, 7) is 2.25. The van der Waals surface area contributed by atoms with E-state index in [0.717, 1.165) is 43.9 Å². The first-order valence-electron chi connectivity index (χ1n) is 8.29. The van der Waals surface area contributed by atoms with Crippen LogP contribution in [0.4, 0.5) is 24.8 Å². The van der Waals surface area contributed by atoms with Gasteiger partial charge in [0, 0.05) is 32.9 Å². The van der Waals surface area contributed by atoms with E-state index in [2.05, 4.69) is 19.9 Å². The minimum Gasteiger partial charge on any atom is -0.359 e. The van der Waals surface area contributed by atoms with Gasteiger partial charge in [0.05, 0.1) is 11.8 Å². The van der Waals surface area contributed by atoms with Crippen LogP contribution in [0.15, 0.2) is 30.9 Å². The molecular weight excluding hydrogens is 367 g/mol. The SMILES string of the molecule is CN(CC1CCN(c2ncncc2Cl)CC1)c1cc(C(F)(F)F)ccn1. The van der Waals surface area contributed by atoms with Gasteiger partial charge in [0.1, 0.15) is 17.2 Å². The molecule has 1 saturated heterocycles. The molecule has 0 N–H and O–H groups in total. The van der Waals surface area contributed by atoms with E-state index in [-0.39, 0.29) is 0 Å². The molecule has 0 aliphatic carbocycles. The Morgan fingerprint density at radius 3 is 2.65 bits per heavy atom. The van der Waals surface area contributed by atoms with Crippen molar-refractivity contribution in [3.63, 3.8) is 0 Å². The van der Waals surface area contributed by atoms with E-state index in [1.54, 1.807) is 18.1 Å². The number of alkyl halides is 3. The van der Waals surface area contributed by atoms with E-state index >= 15 is 0 Å². The molecule has 0 aromatic carbocycles. The van der Waals surface area contributed by atoms with Crippen molar-refractivity contribution >= 4 is 23.2 Å². The van der Waals surface area contributed by atoms with Gasteiger partial charge >= 0.3 is 6.18 Å². The van der Waals surface area contributed by atoms with Gasteiger partial charge in [-0.15, -0.1) is 0 Å². The highest BCUT2D eigenvalue weighted by Crippen LogP contribution is 2.31. The average molecular weight is 386 g/mol. The predicted octanol–water partition coefficient (Wildman–Crippen LogP) is 3.90. The summed E-state index contributed by atoms with van der Waals surface area (Å²) >= 11 is 6.13. The van der Waals surface area contributed by atoms with E-state index in [1.165, 1.54) is 12.5 Å². The molecule has 3 heterocycles. The summed E-state index contributed by atoms with van der Waals surface area (Å²) in [5.74, 6) is 1.43. The zero-order valence-electron chi connectivity index (χ0n) is 14.2. The summed E-state index contributed by atoms with van der Waals surface area (Å²) in [6, 6.07) is 2.08. The third-order valence-corrected chi connectivity index (χ3v) is 4.82. The average Bonchev–Trinajstić information content (AvgIpc) is 2.62. The zero-order chi connectivity index (χ0) is 18.7. The van der Waals surface area contributed by atoms with Crippen LogP contribution in [0.1, 0.15) is 18.4 Å². The van der Waals surface area contributed by atoms with Crippen LogP contribution in [0.5, 0.6) is 0 Å². The number of piperidine rings is 1. The number of nitrogens with zero attached hydrogens (tertiary/aromatic N) is 5. The molecule has 1 aliphatic heterocycles. The Bertz CT molecular complexity index is 747. The van der Waals surface area contributed by atoms with Gasteiger partial charge in [-0.2, -0.15) is 13.2 Å². The van der Waals surface area contributed by atoms with Crippen molar-refractivity contribution in [3.05, 3.63) is 41.4 Å². The maximum absolute atomic E-state index is 12.9. The van der Waals surface area contributed by atoms with E-state index in [9.17, 15) is 13.2 Å². The lowest BCUT2D eigenvalue weighted by Gasteiger charge is -2.35. The van der Waals surface area contributed by atoms with Crippen LogP contribution in [0.25, 0.3) is 0 Å². The number of hydrogen-bond acceptors (Lipinski definition) is 5. The molecule has 1 fully saturated rings. The van der Waals surface area contributed by atoms with Crippen molar-refractivity contribution in [2.45, 2.75) is 19.0 Å². The lowest BCUT2D eigenvalue weighted by atomic mass is 9.96. The molecular formula is C17H19ClF3N5. The first-order valence-corrected chi connectivity index (χ1v) is 8.67. The van der Waals surface area contributed by atoms with Gasteiger partial charge < -0.3 is 9.80 Å². The lowest BCUT2D eigenvalue weighted by Crippen LogP contribution is -2.38. The number of pyridine rings is 1. The monoisotopic (exact) mass is 385 g/mol. The Kier molecular flexibility index (Phi) is 5.50. The Morgan fingerprint density at radius 2 is 2.00 bits per heavy atom. The fraction of sp³-hybridized carbons (Fsp3) is 0.471. The molecule has 0 radical (unpaired) electrons. The standard InChI is InChI=1S/C17H19ClF3N5/c1-25(15-8-13(2-5-23-15)17(19,20)21)10-12-3-6-26(7-4-12)16-14(18)9-22-11-24-16/h2,5,8-9,11-12H,3-4,6-7,10H2,1H3. The maximum Gasteiger partial charge on any atom is 0.416 e. The molecule has 0 saturated carbocycles. The Hall–Kier alpha value is -2.09. The highest BCUT2D eigenvalue weighted by Gasteiger charge is 2.31. The Morgan fingerprint density at radius 1 is 1.27 bits per heavy atom. The number of halogens is 4. The summed E-state index contributed by atoms with van der Waals surface area (Å²) < 4.78 is 38.6. The van der Waals surface area contributed by atoms with Crippen LogP contribution >= 0.6 is 11.6 Å². The third kappa shape index (κ3) is 4.35. The van der Waals surface area contributed by atoms with E-state index in [0.29, 0.717) is 23.3 Å². The molecule has 0 unspecified atom stereocenters. The van der Waals surface area contributed by atoms with Crippen molar-refractivity contribution in [2.75, 3.05) is 36.5 Å². The van der Waals surface area contributed by atoms with Crippen LogP contribution in [-0.2, 0) is 6.18 Å². The van der Waals surface area contributed by atoms with Gasteiger partial charge in [-0.05, 0) is 30.9 Å². The van der Waals surface area contributed by atoms with Gasteiger partial charge in [-0.25, -0.2) is 15.0 Å². The fourth-order valence-electron chi connectivity index (χ4n) is 3.15. The first-order chi connectivity index (χ1) is 12.3. The quantitative estimate of drug-likeness (QED) is 0.798. The van der Waals surface area contributed by atoms with Crippen molar-refractivity contribution in [2.24, 2.45) is 5.92 Å². The topological polar surface area (TPSA) is 45.2 Å². The highest BCUT2D eigenvalue weighted by atomic mass is 35.5. The van der Waals surface area contributed by atoms with Gasteiger partial charge in [-0.1, -0.05) is 11.6 Å². The summed E-state index contributed by atoms with van der Waals surface area (Å²) in [7, 11) is 1.77. The second-order valence-electron chi connectivity index (χ2n) is 6.41. The number of hydrogen-bond donors (Lipinski definition) is 0. The second kappa shape index (κ2) is 7.65. The molecule has 3 rings (SSSR count). The summed E-state index contributed by atoms with van der Waals surface area (Å²) in [5, 5.41) is 0.524. The van der Waals surface area contributed by atoms with Crippen molar-refractivity contribution in [3.8, 4) is 0 Å². The Labute approximate surface area is 154 Å². The normalized spacial score (nSPS) is 16.0. The highest BCUT2D eigenvalue weighted by molar-refractivity contribution is 6.32. The molecule has 5 nitrogen and oxygen atoms in total. The maximum atomic E-state index is 12.9. The summed E-state index contributed by atoms with van der Waals surface area (Å²) in [4.78, 5) is 16.1. The molecule has 140 valence electrons. The largest absolute Gasteiger partial charge is 0.416 e. The molecule has 2 aromatic rings. The van der Waals surface area contributed by atoms with Gasteiger partial charge in [0.15, 0.2) is 5.82 Å². The number of aromatic nitrogens is 3. The Balaban J connectivity index is 1.59. The van der Waals surface area contributed by atoms with E-state index < -0.39 is 11.7 Å². The summed E-state index contributed by atoms with van der Waals surface area (Å²) in [6.07, 6.45) is 1.70. The summed E-state index contributed by atoms with van der Waals surface area (Å²) in [5.41, 5.74) is -0.678. The van der Waals surface area contributed by atoms with Crippen LogP contribution in [0.2, 0.25) is 5.02 Å². The lowest BCUT2D eigenvalue weighted by molar-refractivity contribution is -0.137.